The minimum absolute atomic E-state index is 0.730. The average molecular weight is 292 g/mol. The Hall–Kier alpha value is -1.05. The first kappa shape index (κ1) is 18.0. The Bertz CT molecular complexity index is 354. The summed E-state index contributed by atoms with van der Waals surface area (Å²) in [4.78, 5) is 10.2. The number of carbonyl (C=O) groups is 1. The Balaban J connectivity index is 2.00. The number of hydrogen-bond donors (Lipinski definition) is 0. The summed E-state index contributed by atoms with van der Waals surface area (Å²) < 4.78 is 5.88. The Morgan fingerprint density at radius 2 is 1.33 bits per heavy atom. The minimum Gasteiger partial charge on any atom is -0.466 e. The highest BCUT2D eigenvalue weighted by molar-refractivity contribution is 5.48. The summed E-state index contributed by atoms with van der Waals surface area (Å²) in [5, 5.41) is 0. The molecule has 21 heavy (non-hydrogen) atoms. The lowest BCUT2D eigenvalue weighted by Crippen LogP contribution is -1.85. The second-order valence-corrected chi connectivity index (χ2v) is 6.01. The van der Waals surface area contributed by atoms with Gasteiger partial charge in [-0.25, -0.2) is 0 Å². The number of aryl methyl sites for hydroxylation is 2. The van der Waals surface area contributed by atoms with Gasteiger partial charge in [0.2, 0.25) is 0 Å². The van der Waals surface area contributed by atoms with Gasteiger partial charge in [-0.05, 0) is 31.4 Å². The van der Waals surface area contributed by atoms with Gasteiger partial charge in [-0.3, -0.25) is 0 Å². The van der Waals surface area contributed by atoms with Gasteiger partial charge >= 0.3 is 0 Å². The van der Waals surface area contributed by atoms with Gasteiger partial charge in [-0.1, -0.05) is 51.9 Å². The van der Waals surface area contributed by atoms with Crippen LogP contribution in [0.4, 0.5) is 0 Å². The molecule has 0 bridgehead atoms. The molecular formula is C19H32O2. The molecule has 0 saturated heterocycles. The number of unbranched alkanes of at least 4 members (excludes halogenated alkanes) is 9. The molecular weight excluding hydrogens is 260 g/mol. The molecule has 2 heteroatoms. The molecule has 0 atom stereocenters. The van der Waals surface area contributed by atoms with E-state index >= 15 is 0 Å². The molecule has 0 radical (unpaired) electrons. The fourth-order valence-corrected chi connectivity index (χ4v) is 2.65. The van der Waals surface area contributed by atoms with Crippen molar-refractivity contribution in [1.82, 2.24) is 0 Å². The predicted molar refractivity (Wildman–Crippen MR) is 88.6 cm³/mol. The molecule has 0 unspecified atom stereocenters. The van der Waals surface area contributed by atoms with Crippen molar-refractivity contribution in [1.29, 1.82) is 0 Å². The summed E-state index contributed by atoms with van der Waals surface area (Å²) in [7, 11) is 0. The lowest BCUT2D eigenvalue weighted by molar-refractivity contribution is -0.107. The molecule has 0 amide bonds. The van der Waals surface area contributed by atoms with E-state index in [-0.39, 0.29) is 0 Å². The van der Waals surface area contributed by atoms with Crippen molar-refractivity contribution < 1.29 is 9.21 Å². The number of rotatable bonds is 14. The highest BCUT2D eigenvalue weighted by atomic mass is 16.3. The molecule has 0 aliphatic rings. The third kappa shape index (κ3) is 9.49. The van der Waals surface area contributed by atoms with Gasteiger partial charge in [-0.2, -0.15) is 0 Å². The van der Waals surface area contributed by atoms with Crippen LogP contribution in [0.2, 0.25) is 0 Å². The average Bonchev–Trinajstić information content (AvgIpc) is 2.94. The van der Waals surface area contributed by atoms with Crippen molar-refractivity contribution >= 4 is 6.29 Å². The van der Waals surface area contributed by atoms with Crippen LogP contribution in [-0.4, -0.2) is 6.29 Å². The molecule has 0 aliphatic heterocycles. The quantitative estimate of drug-likeness (QED) is 0.317. The van der Waals surface area contributed by atoms with Gasteiger partial charge in [0, 0.05) is 19.3 Å². The van der Waals surface area contributed by atoms with E-state index in [9.17, 15) is 4.79 Å². The maximum Gasteiger partial charge on any atom is 0.119 e. The largest absolute Gasteiger partial charge is 0.466 e. The Kier molecular flexibility index (Phi) is 10.9. The number of hydrogen-bond acceptors (Lipinski definition) is 2. The molecule has 0 saturated carbocycles. The molecule has 0 aromatic carbocycles. The van der Waals surface area contributed by atoms with Crippen LogP contribution in [0.3, 0.4) is 0 Å². The zero-order chi connectivity index (χ0) is 15.2. The van der Waals surface area contributed by atoms with E-state index in [4.69, 9.17) is 4.42 Å². The summed E-state index contributed by atoms with van der Waals surface area (Å²) in [6.07, 6.45) is 16.4. The molecule has 1 aromatic heterocycles. The molecule has 0 N–H and O–H groups in total. The molecule has 2 nitrogen and oxygen atoms in total. The van der Waals surface area contributed by atoms with E-state index < -0.39 is 0 Å². The van der Waals surface area contributed by atoms with Crippen molar-refractivity contribution in [2.24, 2.45) is 0 Å². The van der Waals surface area contributed by atoms with Gasteiger partial charge < -0.3 is 9.21 Å². The third-order valence-electron chi connectivity index (χ3n) is 3.99. The van der Waals surface area contributed by atoms with Crippen molar-refractivity contribution in [3.8, 4) is 0 Å². The Labute approximate surface area is 130 Å². The van der Waals surface area contributed by atoms with Crippen molar-refractivity contribution in [2.75, 3.05) is 0 Å². The summed E-state index contributed by atoms with van der Waals surface area (Å²) in [5.41, 5.74) is 0. The first-order chi connectivity index (χ1) is 10.4. The Morgan fingerprint density at radius 1 is 0.810 bits per heavy atom. The van der Waals surface area contributed by atoms with Crippen LogP contribution in [0.5, 0.6) is 0 Å². The summed E-state index contributed by atoms with van der Waals surface area (Å²) >= 11 is 0. The van der Waals surface area contributed by atoms with Crippen molar-refractivity contribution in [3.63, 3.8) is 0 Å². The summed E-state index contributed by atoms with van der Waals surface area (Å²) in [6, 6.07) is 4.31. The maximum atomic E-state index is 10.2. The first-order valence-electron chi connectivity index (χ1n) is 8.88. The predicted octanol–water partition coefficient (Wildman–Crippen LogP) is 5.87. The highest BCUT2D eigenvalue weighted by Crippen LogP contribution is 2.15. The smallest absolute Gasteiger partial charge is 0.119 e. The Morgan fingerprint density at radius 3 is 1.90 bits per heavy atom. The number of furan rings is 1. The summed E-state index contributed by atoms with van der Waals surface area (Å²) in [6.45, 7) is 2.24. The van der Waals surface area contributed by atoms with E-state index in [1.807, 2.05) is 0 Å². The normalized spacial score (nSPS) is 10.9. The fourth-order valence-electron chi connectivity index (χ4n) is 2.65. The second kappa shape index (κ2) is 12.7. The number of carbonyl (C=O) groups excluding carboxylic acids is 1. The van der Waals surface area contributed by atoms with Crippen LogP contribution in [0.15, 0.2) is 16.5 Å². The maximum absolute atomic E-state index is 10.2. The molecule has 0 spiro atoms. The monoisotopic (exact) mass is 292 g/mol. The lowest BCUT2D eigenvalue weighted by atomic mass is 10.1. The van der Waals surface area contributed by atoms with Crippen molar-refractivity contribution in [2.45, 2.75) is 90.4 Å². The minimum atomic E-state index is 0.730. The van der Waals surface area contributed by atoms with Crippen LogP contribution < -0.4 is 0 Å². The van der Waals surface area contributed by atoms with Gasteiger partial charge in [0.25, 0.3) is 0 Å². The zero-order valence-electron chi connectivity index (χ0n) is 13.7. The van der Waals surface area contributed by atoms with Crippen LogP contribution >= 0.6 is 0 Å². The SMILES string of the molecule is CCCCCCc1ccc(CCCCCCCCC=O)o1. The topological polar surface area (TPSA) is 30.2 Å². The van der Waals surface area contributed by atoms with E-state index in [2.05, 4.69) is 19.1 Å². The van der Waals surface area contributed by atoms with Gasteiger partial charge in [0.05, 0.1) is 0 Å². The standard InChI is InChI=1S/C19H32O2/c1-2-3-4-10-13-18-15-16-19(21-18)14-11-8-6-5-7-9-12-17-20/h15-17H,2-14H2,1H3. The fraction of sp³-hybridized carbons (Fsp3) is 0.737. The van der Waals surface area contributed by atoms with Crippen LogP contribution in [0, 0.1) is 0 Å². The third-order valence-corrected chi connectivity index (χ3v) is 3.99. The zero-order valence-corrected chi connectivity index (χ0v) is 13.7. The van der Waals surface area contributed by atoms with E-state index in [1.54, 1.807) is 0 Å². The molecule has 1 heterocycles. The van der Waals surface area contributed by atoms with Crippen LogP contribution in [-0.2, 0) is 17.6 Å². The van der Waals surface area contributed by atoms with E-state index in [1.165, 1.54) is 57.8 Å². The van der Waals surface area contributed by atoms with Gasteiger partial charge in [0.15, 0.2) is 0 Å². The summed E-state index contributed by atoms with van der Waals surface area (Å²) in [5.74, 6) is 2.32. The first-order valence-corrected chi connectivity index (χ1v) is 8.88. The van der Waals surface area contributed by atoms with E-state index in [0.717, 1.165) is 43.5 Å². The molecule has 1 rings (SSSR count). The number of aldehydes is 1. The molecule has 1 aromatic rings. The highest BCUT2D eigenvalue weighted by Gasteiger charge is 2.02. The van der Waals surface area contributed by atoms with Crippen LogP contribution in [0.1, 0.15) is 89.1 Å². The second-order valence-electron chi connectivity index (χ2n) is 6.01. The van der Waals surface area contributed by atoms with Crippen molar-refractivity contribution in [3.05, 3.63) is 23.7 Å². The van der Waals surface area contributed by atoms with E-state index in [0.29, 0.717) is 0 Å². The molecule has 0 fully saturated rings. The molecule has 120 valence electrons. The lowest BCUT2D eigenvalue weighted by Gasteiger charge is -2.00. The van der Waals surface area contributed by atoms with Gasteiger partial charge in [0.1, 0.15) is 17.8 Å². The van der Waals surface area contributed by atoms with Crippen LogP contribution in [0.25, 0.3) is 0 Å². The molecule has 0 aliphatic carbocycles. The van der Waals surface area contributed by atoms with Gasteiger partial charge in [-0.15, -0.1) is 0 Å².